The number of phenols is 2. The van der Waals surface area contributed by atoms with Crippen molar-refractivity contribution in [3.05, 3.63) is 35.4 Å². The highest BCUT2D eigenvalue weighted by molar-refractivity contribution is 6.07. The second-order valence-electron chi connectivity index (χ2n) is 3.41. The Hall–Kier alpha value is -2.37. The quantitative estimate of drug-likeness (QED) is 0.668. The van der Waals surface area contributed by atoms with Crippen LogP contribution in [0.5, 0.6) is 11.5 Å². The van der Waals surface area contributed by atoms with E-state index in [0.29, 0.717) is 12.1 Å². The summed E-state index contributed by atoms with van der Waals surface area (Å²) in [5.41, 5.74) is -0.548. The number of carbonyl (C=O) groups is 1. The van der Waals surface area contributed by atoms with Gasteiger partial charge in [0.1, 0.15) is 11.6 Å². The first-order valence-corrected chi connectivity index (χ1v) is 4.48. The second-order valence-corrected chi connectivity index (χ2v) is 3.41. The largest absolute Gasteiger partial charge is 0.504 e. The Kier molecular flexibility index (Phi) is 2.35. The van der Waals surface area contributed by atoms with Crippen LogP contribution in [-0.4, -0.2) is 21.3 Å². The summed E-state index contributed by atoms with van der Waals surface area (Å²) in [5.74, 6) is -5.10. The number of aromatic carboxylic acids is 1. The molecule has 0 atom stereocenters. The lowest BCUT2D eigenvalue weighted by atomic mass is 10.0. The van der Waals surface area contributed by atoms with Crippen molar-refractivity contribution in [2.24, 2.45) is 0 Å². The predicted molar refractivity (Wildman–Crippen MR) is 54.2 cm³/mol. The summed E-state index contributed by atoms with van der Waals surface area (Å²) in [7, 11) is 0. The van der Waals surface area contributed by atoms with E-state index in [1.807, 2.05) is 0 Å². The fourth-order valence-corrected chi connectivity index (χ4v) is 1.62. The number of fused-ring (bicyclic) bond motifs is 1. The molecule has 3 N–H and O–H groups in total. The number of rotatable bonds is 1. The highest BCUT2D eigenvalue weighted by Gasteiger charge is 2.19. The van der Waals surface area contributed by atoms with Gasteiger partial charge in [-0.3, -0.25) is 0 Å². The maximum Gasteiger partial charge on any atom is 0.336 e. The Morgan fingerprint density at radius 3 is 2.35 bits per heavy atom. The number of benzene rings is 2. The smallest absolute Gasteiger partial charge is 0.336 e. The van der Waals surface area contributed by atoms with Gasteiger partial charge < -0.3 is 15.3 Å². The number of carboxylic acids is 1. The van der Waals surface area contributed by atoms with Crippen molar-refractivity contribution < 1.29 is 28.9 Å². The first kappa shape index (κ1) is 11.1. The molecule has 4 nitrogen and oxygen atoms in total. The van der Waals surface area contributed by atoms with Gasteiger partial charge in [-0.25, -0.2) is 13.6 Å². The van der Waals surface area contributed by atoms with Crippen LogP contribution in [0.15, 0.2) is 18.2 Å². The Morgan fingerprint density at radius 2 is 1.76 bits per heavy atom. The predicted octanol–water partition coefficient (Wildman–Crippen LogP) is 2.23. The van der Waals surface area contributed by atoms with E-state index in [1.165, 1.54) is 0 Å². The van der Waals surface area contributed by atoms with E-state index < -0.39 is 40.1 Å². The molecule has 0 saturated heterocycles. The van der Waals surface area contributed by atoms with Crippen LogP contribution >= 0.6 is 0 Å². The maximum absolute atomic E-state index is 13.5. The SMILES string of the molecule is O=C(O)c1cc(O)c(O)c2cc(F)cc(F)c12. The summed E-state index contributed by atoms with van der Waals surface area (Å²) in [5, 5.41) is 26.7. The zero-order valence-electron chi connectivity index (χ0n) is 8.24. The normalized spacial score (nSPS) is 10.7. The third-order valence-electron chi connectivity index (χ3n) is 2.33. The molecule has 0 saturated carbocycles. The lowest BCUT2D eigenvalue weighted by molar-refractivity contribution is 0.0698. The van der Waals surface area contributed by atoms with Crippen molar-refractivity contribution in [1.82, 2.24) is 0 Å². The number of hydrogen-bond acceptors (Lipinski definition) is 3. The molecular formula is C11H6F2O4. The molecule has 2 aromatic rings. The van der Waals surface area contributed by atoms with E-state index in [4.69, 9.17) is 5.11 Å². The van der Waals surface area contributed by atoms with Gasteiger partial charge in [0.05, 0.1) is 5.56 Å². The molecule has 0 aliphatic heterocycles. The van der Waals surface area contributed by atoms with E-state index in [9.17, 15) is 23.8 Å². The fraction of sp³-hybridized carbons (Fsp3) is 0. The minimum absolute atomic E-state index is 0.389. The minimum Gasteiger partial charge on any atom is -0.504 e. The van der Waals surface area contributed by atoms with Crippen molar-refractivity contribution in [1.29, 1.82) is 0 Å². The van der Waals surface area contributed by atoms with Gasteiger partial charge in [-0.1, -0.05) is 0 Å². The molecule has 0 aromatic heterocycles. The summed E-state index contributed by atoms with van der Waals surface area (Å²) in [6, 6.07) is 1.96. The Bertz CT molecular complexity index is 637. The lowest BCUT2D eigenvalue weighted by Crippen LogP contribution is -2.00. The Morgan fingerprint density at radius 1 is 1.12 bits per heavy atom. The molecule has 0 unspecified atom stereocenters. The van der Waals surface area contributed by atoms with E-state index in [1.54, 1.807) is 0 Å². The molecule has 17 heavy (non-hydrogen) atoms. The van der Waals surface area contributed by atoms with Crippen molar-refractivity contribution in [3.8, 4) is 11.5 Å². The van der Waals surface area contributed by atoms with Crippen molar-refractivity contribution in [3.63, 3.8) is 0 Å². The standard InChI is InChI=1S/C11H6F2O4/c12-4-1-5-9(7(13)2-4)6(11(16)17)3-8(14)10(5)15/h1-3,14-15H,(H,16,17). The third kappa shape index (κ3) is 1.63. The number of aromatic hydroxyl groups is 2. The monoisotopic (exact) mass is 240 g/mol. The highest BCUT2D eigenvalue weighted by Crippen LogP contribution is 2.37. The van der Waals surface area contributed by atoms with Crippen molar-refractivity contribution >= 4 is 16.7 Å². The van der Waals surface area contributed by atoms with Crippen LogP contribution < -0.4 is 0 Å². The average molecular weight is 240 g/mol. The van der Waals surface area contributed by atoms with Crippen LogP contribution in [0, 0.1) is 11.6 Å². The molecule has 2 rings (SSSR count). The van der Waals surface area contributed by atoms with Gasteiger partial charge in [0.25, 0.3) is 0 Å². The molecule has 6 heteroatoms. The van der Waals surface area contributed by atoms with Crippen LogP contribution in [-0.2, 0) is 0 Å². The summed E-state index contributed by atoms with van der Waals surface area (Å²) < 4.78 is 26.4. The number of halogens is 2. The third-order valence-corrected chi connectivity index (χ3v) is 2.33. The Balaban J connectivity index is 3.04. The molecule has 0 heterocycles. The fourth-order valence-electron chi connectivity index (χ4n) is 1.62. The van der Waals surface area contributed by atoms with Crippen LogP contribution in [0.1, 0.15) is 10.4 Å². The molecule has 2 aromatic carbocycles. The molecule has 88 valence electrons. The summed E-state index contributed by atoms with van der Waals surface area (Å²) >= 11 is 0. The van der Waals surface area contributed by atoms with Crippen molar-refractivity contribution in [2.75, 3.05) is 0 Å². The van der Waals surface area contributed by atoms with Crippen LogP contribution in [0.2, 0.25) is 0 Å². The Labute approximate surface area is 93.4 Å². The van der Waals surface area contributed by atoms with Gasteiger partial charge in [-0.2, -0.15) is 0 Å². The molecular weight excluding hydrogens is 234 g/mol. The van der Waals surface area contributed by atoms with Gasteiger partial charge in [0, 0.05) is 16.8 Å². The van der Waals surface area contributed by atoms with E-state index in [2.05, 4.69) is 0 Å². The summed E-state index contributed by atoms with van der Waals surface area (Å²) in [4.78, 5) is 10.9. The van der Waals surface area contributed by atoms with Crippen LogP contribution in [0.3, 0.4) is 0 Å². The first-order chi connectivity index (χ1) is 7.91. The van der Waals surface area contributed by atoms with Crippen LogP contribution in [0.25, 0.3) is 10.8 Å². The molecule has 0 amide bonds. The highest BCUT2D eigenvalue weighted by atomic mass is 19.1. The first-order valence-electron chi connectivity index (χ1n) is 4.48. The minimum atomic E-state index is -1.49. The molecule has 0 aliphatic rings. The van der Waals surface area contributed by atoms with Gasteiger partial charge in [0.2, 0.25) is 0 Å². The molecule has 0 aliphatic carbocycles. The van der Waals surface area contributed by atoms with Gasteiger partial charge in [-0.05, 0) is 12.1 Å². The summed E-state index contributed by atoms with van der Waals surface area (Å²) in [6.45, 7) is 0. The van der Waals surface area contributed by atoms with E-state index in [-0.39, 0.29) is 5.39 Å². The number of carboxylic acid groups (broad SMARTS) is 1. The van der Waals surface area contributed by atoms with Gasteiger partial charge >= 0.3 is 5.97 Å². The zero-order chi connectivity index (χ0) is 12.7. The van der Waals surface area contributed by atoms with Crippen molar-refractivity contribution in [2.45, 2.75) is 0 Å². The molecule has 0 fully saturated rings. The topological polar surface area (TPSA) is 77.8 Å². The molecule has 0 spiro atoms. The number of hydrogen-bond donors (Lipinski definition) is 3. The molecule has 0 radical (unpaired) electrons. The lowest BCUT2D eigenvalue weighted by Gasteiger charge is -2.08. The van der Waals surface area contributed by atoms with Gasteiger partial charge in [0.15, 0.2) is 11.5 Å². The number of phenolic OH excluding ortho intramolecular Hbond substituents is 2. The van der Waals surface area contributed by atoms with Gasteiger partial charge in [-0.15, -0.1) is 0 Å². The van der Waals surface area contributed by atoms with E-state index in [0.717, 1.165) is 6.07 Å². The average Bonchev–Trinajstić information content (AvgIpc) is 2.23. The molecule has 0 bridgehead atoms. The maximum atomic E-state index is 13.5. The summed E-state index contributed by atoms with van der Waals surface area (Å²) in [6.07, 6.45) is 0. The zero-order valence-corrected chi connectivity index (χ0v) is 8.24. The second kappa shape index (κ2) is 3.58. The van der Waals surface area contributed by atoms with E-state index >= 15 is 0 Å². The van der Waals surface area contributed by atoms with Crippen LogP contribution in [0.4, 0.5) is 8.78 Å².